The Balaban J connectivity index is 1.74. The van der Waals surface area contributed by atoms with Gasteiger partial charge < -0.3 is 20.7 Å². The van der Waals surface area contributed by atoms with E-state index < -0.39 is 0 Å². The molecule has 0 aromatic heterocycles. The lowest BCUT2D eigenvalue weighted by atomic mass is 10.1. The summed E-state index contributed by atoms with van der Waals surface area (Å²) in [6.07, 6.45) is 0. The normalized spacial score (nSPS) is 10.5. The van der Waals surface area contributed by atoms with Crippen LogP contribution in [0.15, 0.2) is 42.5 Å². The van der Waals surface area contributed by atoms with Crippen LogP contribution < -0.4 is 20.7 Å². The molecule has 150 valence electrons. The van der Waals surface area contributed by atoms with Gasteiger partial charge >= 0.3 is 0 Å². The maximum Gasteiger partial charge on any atom is 0.251 e. The Hall–Kier alpha value is -3.02. The van der Waals surface area contributed by atoms with Crippen molar-refractivity contribution in [1.82, 2.24) is 10.6 Å². The summed E-state index contributed by atoms with van der Waals surface area (Å²) in [6, 6.07) is 13.3. The quantitative estimate of drug-likeness (QED) is 0.582. The monoisotopic (exact) mass is 383 g/mol. The molecule has 0 aliphatic heterocycles. The Morgan fingerprint density at radius 2 is 1.86 bits per heavy atom. The highest BCUT2D eigenvalue weighted by molar-refractivity contribution is 5.95. The standard InChI is InChI=1S/C22H29N3O3/c1-15(2)25-22(27)18-8-9-20(17(4)13-18)24-14-21(26)23-10-11-28-19-7-5-6-16(3)12-19/h5-9,12-13,15,24H,10-11,14H2,1-4H3,(H,23,26)(H,25,27). The number of aryl methyl sites for hydroxylation is 2. The molecule has 0 spiro atoms. The lowest BCUT2D eigenvalue weighted by molar-refractivity contribution is -0.119. The fourth-order valence-electron chi connectivity index (χ4n) is 2.65. The number of hydrogen-bond donors (Lipinski definition) is 3. The highest BCUT2D eigenvalue weighted by Crippen LogP contribution is 2.16. The van der Waals surface area contributed by atoms with Gasteiger partial charge in [-0.1, -0.05) is 12.1 Å². The molecule has 0 fully saturated rings. The zero-order valence-electron chi connectivity index (χ0n) is 17.0. The first kappa shape index (κ1) is 21.3. The molecule has 2 amide bonds. The number of anilines is 1. The average molecular weight is 383 g/mol. The third-order valence-electron chi connectivity index (χ3n) is 4.03. The van der Waals surface area contributed by atoms with Gasteiger partial charge in [0.25, 0.3) is 5.91 Å². The zero-order valence-corrected chi connectivity index (χ0v) is 17.0. The molecular formula is C22H29N3O3. The molecule has 2 aromatic rings. The molecule has 28 heavy (non-hydrogen) atoms. The molecule has 0 aliphatic rings. The second kappa shape index (κ2) is 10.3. The zero-order chi connectivity index (χ0) is 20.5. The van der Waals surface area contributed by atoms with Crippen LogP contribution in [-0.2, 0) is 4.79 Å². The van der Waals surface area contributed by atoms with Crippen LogP contribution in [0.2, 0.25) is 0 Å². The summed E-state index contributed by atoms with van der Waals surface area (Å²) in [7, 11) is 0. The Bertz CT molecular complexity index is 818. The topological polar surface area (TPSA) is 79.5 Å². The Kier molecular flexibility index (Phi) is 7.87. The van der Waals surface area contributed by atoms with E-state index in [1.807, 2.05) is 64.1 Å². The molecular weight excluding hydrogens is 354 g/mol. The van der Waals surface area contributed by atoms with Gasteiger partial charge in [-0.2, -0.15) is 0 Å². The van der Waals surface area contributed by atoms with Crippen molar-refractivity contribution in [3.05, 3.63) is 59.2 Å². The summed E-state index contributed by atoms with van der Waals surface area (Å²) in [6.45, 7) is 8.75. The summed E-state index contributed by atoms with van der Waals surface area (Å²) >= 11 is 0. The molecule has 0 atom stereocenters. The van der Waals surface area contributed by atoms with E-state index in [4.69, 9.17) is 4.74 Å². The molecule has 0 bridgehead atoms. The molecule has 3 N–H and O–H groups in total. The van der Waals surface area contributed by atoms with Gasteiger partial charge in [0.2, 0.25) is 5.91 Å². The van der Waals surface area contributed by atoms with Crippen LogP contribution in [-0.4, -0.2) is 37.6 Å². The van der Waals surface area contributed by atoms with Crippen LogP contribution in [0.5, 0.6) is 5.75 Å². The van der Waals surface area contributed by atoms with E-state index in [2.05, 4.69) is 16.0 Å². The van der Waals surface area contributed by atoms with Crippen molar-refractivity contribution < 1.29 is 14.3 Å². The Morgan fingerprint density at radius 3 is 2.54 bits per heavy atom. The highest BCUT2D eigenvalue weighted by Gasteiger charge is 2.09. The SMILES string of the molecule is Cc1cccc(OCCNC(=O)CNc2ccc(C(=O)NC(C)C)cc2C)c1. The Morgan fingerprint density at radius 1 is 1.07 bits per heavy atom. The van der Waals surface area contributed by atoms with Gasteiger partial charge in [0.1, 0.15) is 12.4 Å². The van der Waals surface area contributed by atoms with Crippen LogP contribution in [0.25, 0.3) is 0 Å². The van der Waals surface area contributed by atoms with Crippen molar-refractivity contribution in [3.8, 4) is 5.75 Å². The van der Waals surface area contributed by atoms with E-state index in [9.17, 15) is 9.59 Å². The Labute approximate surface area is 166 Å². The lowest BCUT2D eigenvalue weighted by Gasteiger charge is -2.13. The van der Waals surface area contributed by atoms with Gasteiger partial charge in [-0.3, -0.25) is 9.59 Å². The van der Waals surface area contributed by atoms with Gasteiger partial charge in [0, 0.05) is 17.3 Å². The van der Waals surface area contributed by atoms with Crippen molar-refractivity contribution in [3.63, 3.8) is 0 Å². The number of nitrogens with one attached hydrogen (secondary N) is 3. The molecule has 0 radical (unpaired) electrons. The first-order valence-electron chi connectivity index (χ1n) is 9.46. The van der Waals surface area contributed by atoms with Crippen molar-refractivity contribution in [2.24, 2.45) is 0 Å². The number of rotatable bonds is 9. The average Bonchev–Trinajstić information content (AvgIpc) is 2.63. The van der Waals surface area contributed by atoms with Crippen molar-refractivity contribution in [1.29, 1.82) is 0 Å². The lowest BCUT2D eigenvalue weighted by Crippen LogP contribution is -2.33. The van der Waals surface area contributed by atoms with Crippen LogP contribution in [0.4, 0.5) is 5.69 Å². The van der Waals surface area contributed by atoms with Gasteiger partial charge in [-0.25, -0.2) is 0 Å². The first-order valence-corrected chi connectivity index (χ1v) is 9.46. The van der Waals surface area contributed by atoms with Crippen molar-refractivity contribution >= 4 is 17.5 Å². The number of hydrogen-bond acceptors (Lipinski definition) is 4. The predicted octanol–water partition coefficient (Wildman–Crippen LogP) is 3.05. The minimum Gasteiger partial charge on any atom is -0.492 e. The van der Waals surface area contributed by atoms with Crippen molar-refractivity contribution in [2.45, 2.75) is 33.7 Å². The number of carbonyl (C=O) groups excluding carboxylic acids is 2. The first-order chi connectivity index (χ1) is 13.3. The van der Waals surface area contributed by atoms with Crippen LogP contribution in [0.3, 0.4) is 0 Å². The summed E-state index contributed by atoms with van der Waals surface area (Å²) in [5.41, 5.74) is 3.47. The smallest absolute Gasteiger partial charge is 0.251 e. The highest BCUT2D eigenvalue weighted by atomic mass is 16.5. The molecule has 0 saturated heterocycles. The van der Waals surface area contributed by atoms with E-state index in [1.54, 1.807) is 6.07 Å². The number of ether oxygens (including phenoxy) is 1. The molecule has 0 aliphatic carbocycles. The van der Waals surface area contributed by atoms with E-state index in [-0.39, 0.29) is 24.4 Å². The second-order valence-electron chi connectivity index (χ2n) is 7.03. The summed E-state index contributed by atoms with van der Waals surface area (Å²) in [5.74, 6) is 0.578. The summed E-state index contributed by atoms with van der Waals surface area (Å²) in [4.78, 5) is 24.0. The number of amides is 2. The van der Waals surface area contributed by atoms with Crippen LogP contribution in [0.1, 0.15) is 35.3 Å². The fourth-order valence-corrected chi connectivity index (χ4v) is 2.65. The third kappa shape index (κ3) is 6.95. The minimum atomic E-state index is -0.117. The molecule has 2 rings (SSSR count). The summed E-state index contributed by atoms with van der Waals surface area (Å²) in [5, 5.41) is 8.78. The number of carbonyl (C=O) groups is 2. The number of benzene rings is 2. The molecule has 0 saturated carbocycles. The molecule has 6 nitrogen and oxygen atoms in total. The minimum absolute atomic E-state index is 0.0872. The van der Waals surface area contributed by atoms with E-state index in [0.717, 1.165) is 22.6 Å². The second-order valence-corrected chi connectivity index (χ2v) is 7.03. The maximum absolute atomic E-state index is 12.0. The van der Waals surface area contributed by atoms with Crippen LogP contribution in [0, 0.1) is 13.8 Å². The van der Waals surface area contributed by atoms with Crippen molar-refractivity contribution in [2.75, 3.05) is 25.0 Å². The third-order valence-corrected chi connectivity index (χ3v) is 4.03. The van der Waals surface area contributed by atoms with E-state index in [1.165, 1.54) is 0 Å². The molecule has 2 aromatic carbocycles. The molecule has 6 heteroatoms. The van der Waals surface area contributed by atoms with Gasteiger partial charge in [0.05, 0.1) is 13.1 Å². The largest absolute Gasteiger partial charge is 0.492 e. The van der Waals surface area contributed by atoms with E-state index >= 15 is 0 Å². The van der Waals surface area contributed by atoms with E-state index in [0.29, 0.717) is 18.7 Å². The molecule has 0 heterocycles. The fraction of sp³-hybridized carbons (Fsp3) is 0.364. The predicted molar refractivity (Wildman–Crippen MR) is 112 cm³/mol. The van der Waals surface area contributed by atoms with Gasteiger partial charge in [-0.15, -0.1) is 0 Å². The summed E-state index contributed by atoms with van der Waals surface area (Å²) < 4.78 is 5.61. The van der Waals surface area contributed by atoms with Crippen LogP contribution >= 0.6 is 0 Å². The van der Waals surface area contributed by atoms with Gasteiger partial charge in [0.15, 0.2) is 0 Å². The molecule has 0 unspecified atom stereocenters. The maximum atomic E-state index is 12.0. The van der Waals surface area contributed by atoms with Gasteiger partial charge in [-0.05, 0) is 69.2 Å².